The third-order valence-electron chi connectivity index (χ3n) is 3.19. The highest BCUT2D eigenvalue weighted by atomic mass is 19.1. The topological polar surface area (TPSA) is 60.2 Å². The van der Waals surface area contributed by atoms with Gasteiger partial charge in [-0.25, -0.2) is 4.39 Å². The van der Waals surface area contributed by atoms with E-state index in [1.54, 1.807) is 13.1 Å². The van der Waals surface area contributed by atoms with Crippen LogP contribution in [0.25, 0.3) is 0 Å². The maximum atomic E-state index is 13.6. The Kier molecular flexibility index (Phi) is 4.72. The Morgan fingerprint density at radius 2 is 2.20 bits per heavy atom. The monoisotopic (exact) mass is 272 g/mol. The number of nitriles is 1. The molecule has 2 rings (SSSR count). The van der Waals surface area contributed by atoms with E-state index < -0.39 is 0 Å². The Hall–Kier alpha value is -2.35. The van der Waals surface area contributed by atoms with Crippen LogP contribution in [0.4, 0.5) is 4.39 Å². The minimum Gasteiger partial charge on any atom is -0.353 e. The smallest absolute Gasteiger partial charge is 0.191 e. The van der Waals surface area contributed by atoms with Gasteiger partial charge < -0.3 is 10.6 Å². The third-order valence-corrected chi connectivity index (χ3v) is 3.19. The van der Waals surface area contributed by atoms with Crippen molar-refractivity contribution in [1.29, 1.82) is 5.26 Å². The van der Waals surface area contributed by atoms with Crippen LogP contribution >= 0.6 is 0 Å². The fourth-order valence-electron chi connectivity index (χ4n) is 2.08. The summed E-state index contributed by atoms with van der Waals surface area (Å²) in [7, 11) is 1.68. The van der Waals surface area contributed by atoms with E-state index in [-0.39, 0.29) is 5.82 Å². The van der Waals surface area contributed by atoms with Gasteiger partial charge in [-0.05, 0) is 31.0 Å². The molecule has 0 saturated heterocycles. The Labute approximate surface area is 118 Å². The summed E-state index contributed by atoms with van der Waals surface area (Å²) in [4.78, 5) is 4.12. The van der Waals surface area contributed by atoms with Crippen LogP contribution in [0.2, 0.25) is 0 Å². The van der Waals surface area contributed by atoms with Crippen molar-refractivity contribution in [2.45, 2.75) is 25.4 Å². The molecule has 1 aliphatic rings. The molecule has 0 spiro atoms. The fraction of sp³-hybridized carbons (Fsp3) is 0.333. The normalized spacial score (nSPS) is 15.2. The number of guanidine groups is 1. The van der Waals surface area contributed by atoms with E-state index in [1.807, 2.05) is 6.07 Å². The van der Waals surface area contributed by atoms with Crippen LogP contribution in [0, 0.1) is 17.1 Å². The van der Waals surface area contributed by atoms with Crippen molar-refractivity contribution in [2.75, 3.05) is 7.05 Å². The molecule has 20 heavy (non-hydrogen) atoms. The first-order chi connectivity index (χ1) is 9.72. The highest BCUT2D eigenvalue weighted by Gasteiger charge is 2.12. The second kappa shape index (κ2) is 6.71. The minimum atomic E-state index is -0.325. The first-order valence-electron chi connectivity index (χ1n) is 6.53. The molecular formula is C15H17FN4. The Morgan fingerprint density at radius 3 is 2.85 bits per heavy atom. The van der Waals surface area contributed by atoms with E-state index in [2.05, 4.69) is 27.8 Å². The van der Waals surface area contributed by atoms with Gasteiger partial charge >= 0.3 is 0 Å². The summed E-state index contributed by atoms with van der Waals surface area (Å²) >= 11 is 0. The van der Waals surface area contributed by atoms with Gasteiger partial charge in [0.1, 0.15) is 5.82 Å². The van der Waals surface area contributed by atoms with Crippen LogP contribution in [-0.4, -0.2) is 19.0 Å². The molecule has 0 heterocycles. The van der Waals surface area contributed by atoms with Gasteiger partial charge in [-0.2, -0.15) is 5.26 Å². The van der Waals surface area contributed by atoms with Crippen molar-refractivity contribution in [3.05, 3.63) is 47.3 Å². The Bertz CT molecular complexity index is 564. The summed E-state index contributed by atoms with van der Waals surface area (Å²) in [6.07, 6.45) is 6.19. The van der Waals surface area contributed by atoms with E-state index in [1.165, 1.54) is 12.1 Å². The number of hydrogen-bond acceptors (Lipinski definition) is 2. The Morgan fingerprint density at radius 1 is 1.45 bits per heavy atom. The Balaban J connectivity index is 1.94. The number of nitrogens with zero attached hydrogens (tertiary/aromatic N) is 2. The molecule has 0 fully saturated rings. The second-order valence-electron chi connectivity index (χ2n) is 4.63. The molecule has 1 aromatic rings. The van der Waals surface area contributed by atoms with Gasteiger partial charge in [0, 0.05) is 25.2 Å². The van der Waals surface area contributed by atoms with Crippen molar-refractivity contribution < 1.29 is 4.39 Å². The van der Waals surface area contributed by atoms with Crippen molar-refractivity contribution in [1.82, 2.24) is 10.6 Å². The molecule has 0 radical (unpaired) electrons. The fourth-order valence-corrected chi connectivity index (χ4v) is 2.08. The van der Waals surface area contributed by atoms with Gasteiger partial charge in [0.15, 0.2) is 5.96 Å². The SMILES string of the molecule is CN=C(NCc1cc(C#N)ccc1F)NC1CC=CC1. The summed E-state index contributed by atoms with van der Waals surface area (Å²) in [6.45, 7) is 0.293. The number of hydrogen-bond donors (Lipinski definition) is 2. The van der Waals surface area contributed by atoms with Crippen LogP contribution in [0.5, 0.6) is 0 Å². The van der Waals surface area contributed by atoms with E-state index >= 15 is 0 Å². The molecule has 1 aliphatic carbocycles. The average Bonchev–Trinajstić information content (AvgIpc) is 2.97. The zero-order valence-corrected chi connectivity index (χ0v) is 11.4. The first-order valence-corrected chi connectivity index (χ1v) is 6.53. The number of benzene rings is 1. The summed E-state index contributed by atoms with van der Waals surface area (Å²) in [6, 6.07) is 6.68. The molecule has 1 aromatic carbocycles. The van der Waals surface area contributed by atoms with Gasteiger partial charge in [0.2, 0.25) is 0 Å². The van der Waals surface area contributed by atoms with Crippen molar-refractivity contribution in [3.63, 3.8) is 0 Å². The summed E-state index contributed by atoms with van der Waals surface area (Å²) in [5, 5.41) is 15.2. The number of aliphatic imine (C=N–C) groups is 1. The standard InChI is InChI=1S/C15H17FN4/c1-18-15(20-13-4-2-3-5-13)19-10-12-8-11(9-17)6-7-14(12)16/h2-3,6-8,13H,4-5,10H2,1H3,(H2,18,19,20). The highest BCUT2D eigenvalue weighted by molar-refractivity contribution is 5.80. The number of halogens is 1. The van der Waals surface area contributed by atoms with Crippen LogP contribution in [0.3, 0.4) is 0 Å². The van der Waals surface area contributed by atoms with Crippen LogP contribution in [0.1, 0.15) is 24.0 Å². The molecule has 0 unspecified atom stereocenters. The van der Waals surface area contributed by atoms with E-state index in [9.17, 15) is 4.39 Å². The lowest BCUT2D eigenvalue weighted by Gasteiger charge is -2.17. The molecule has 2 N–H and O–H groups in total. The van der Waals surface area contributed by atoms with Gasteiger partial charge in [-0.15, -0.1) is 0 Å². The number of rotatable bonds is 3. The number of nitrogens with one attached hydrogen (secondary N) is 2. The lowest BCUT2D eigenvalue weighted by Crippen LogP contribution is -2.42. The minimum absolute atomic E-state index is 0.293. The highest BCUT2D eigenvalue weighted by Crippen LogP contribution is 2.11. The van der Waals surface area contributed by atoms with E-state index in [0.29, 0.717) is 29.7 Å². The molecular weight excluding hydrogens is 255 g/mol. The summed E-state index contributed by atoms with van der Waals surface area (Å²) < 4.78 is 13.6. The molecule has 5 heteroatoms. The molecule has 0 aromatic heterocycles. The van der Waals surface area contributed by atoms with Gasteiger partial charge in [0.05, 0.1) is 11.6 Å². The summed E-state index contributed by atoms with van der Waals surface area (Å²) in [5.74, 6) is 0.315. The second-order valence-corrected chi connectivity index (χ2v) is 4.63. The quantitative estimate of drug-likeness (QED) is 0.503. The first kappa shape index (κ1) is 14.1. The third kappa shape index (κ3) is 3.58. The van der Waals surface area contributed by atoms with E-state index in [0.717, 1.165) is 12.8 Å². The van der Waals surface area contributed by atoms with Crippen LogP contribution in [-0.2, 0) is 6.54 Å². The molecule has 0 atom stereocenters. The molecule has 0 bridgehead atoms. The van der Waals surface area contributed by atoms with Crippen molar-refractivity contribution >= 4 is 5.96 Å². The zero-order valence-electron chi connectivity index (χ0n) is 11.4. The molecule has 0 amide bonds. The lowest BCUT2D eigenvalue weighted by atomic mass is 10.1. The summed E-state index contributed by atoms with van der Waals surface area (Å²) in [5.41, 5.74) is 0.905. The predicted octanol–water partition coefficient (Wildman–Crippen LogP) is 2.08. The van der Waals surface area contributed by atoms with Gasteiger partial charge in [0.25, 0.3) is 0 Å². The average molecular weight is 272 g/mol. The molecule has 104 valence electrons. The van der Waals surface area contributed by atoms with Crippen molar-refractivity contribution in [3.8, 4) is 6.07 Å². The maximum absolute atomic E-state index is 13.6. The van der Waals surface area contributed by atoms with Crippen molar-refractivity contribution in [2.24, 2.45) is 4.99 Å². The maximum Gasteiger partial charge on any atom is 0.191 e. The molecule has 4 nitrogen and oxygen atoms in total. The molecule has 0 saturated carbocycles. The molecule has 0 aliphatic heterocycles. The largest absolute Gasteiger partial charge is 0.353 e. The predicted molar refractivity (Wildman–Crippen MR) is 76.6 cm³/mol. The van der Waals surface area contributed by atoms with Crippen LogP contribution in [0.15, 0.2) is 35.3 Å². The zero-order chi connectivity index (χ0) is 14.4. The van der Waals surface area contributed by atoms with Crippen LogP contribution < -0.4 is 10.6 Å². The lowest BCUT2D eigenvalue weighted by molar-refractivity contribution is 0.598. The van der Waals surface area contributed by atoms with E-state index in [4.69, 9.17) is 5.26 Å². The van der Waals surface area contributed by atoms with Gasteiger partial charge in [-0.1, -0.05) is 12.2 Å². The van der Waals surface area contributed by atoms with Gasteiger partial charge in [-0.3, -0.25) is 4.99 Å².